The maximum atomic E-state index is 5.94. The zero-order valence-corrected chi connectivity index (χ0v) is 13.4. The van der Waals surface area contributed by atoms with E-state index in [1.54, 1.807) is 0 Å². The van der Waals surface area contributed by atoms with Crippen LogP contribution in [0.15, 0.2) is 22.8 Å². The van der Waals surface area contributed by atoms with Crippen molar-refractivity contribution in [1.29, 1.82) is 0 Å². The first-order valence-electron chi connectivity index (χ1n) is 7.32. The molecule has 0 aromatic carbocycles. The molecule has 3 rings (SSSR count). The summed E-state index contributed by atoms with van der Waals surface area (Å²) < 4.78 is 12.5. The number of hydrogen-bond donors (Lipinski definition) is 1. The van der Waals surface area contributed by atoms with Crippen molar-refractivity contribution in [3.05, 3.63) is 22.8 Å². The van der Waals surface area contributed by atoms with Crippen molar-refractivity contribution < 1.29 is 9.47 Å². The Morgan fingerprint density at radius 2 is 2.30 bits per heavy atom. The quantitative estimate of drug-likeness (QED) is 0.913. The second kappa shape index (κ2) is 6.00. The van der Waals surface area contributed by atoms with Crippen LogP contribution in [-0.2, 0) is 9.47 Å². The molecule has 0 unspecified atom stereocenters. The molecule has 1 spiro atoms. The molecular weight excluding hydrogens is 320 g/mol. The molecule has 2 fully saturated rings. The topological polar surface area (TPSA) is 43.4 Å². The third kappa shape index (κ3) is 2.59. The van der Waals surface area contributed by atoms with Crippen LogP contribution in [0, 0.1) is 5.41 Å². The molecule has 0 bridgehead atoms. The standard InChI is InChI=1S/C15H21BrN2O2/c1-2-20-13-10-12(15(13)4-7-19-8-5-15)18-14-9-11(16)3-6-17-14/h3,6,9,12-13H,2,4-5,7-8,10H2,1H3,(H,17,18)/t12-,13-/m0/s1. The maximum absolute atomic E-state index is 5.94. The molecule has 1 aromatic rings. The van der Waals surface area contributed by atoms with Gasteiger partial charge >= 0.3 is 0 Å². The van der Waals surface area contributed by atoms with Crippen LogP contribution >= 0.6 is 15.9 Å². The predicted molar refractivity (Wildman–Crippen MR) is 81.9 cm³/mol. The Balaban J connectivity index is 1.73. The summed E-state index contributed by atoms with van der Waals surface area (Å²) in [7, 11) is 0. The van der Waals surface area contributed by atoms with E-state index in [9.17, 15) is 0 Å². The molecule has 2 aliphatic rings. The first kappa shape index (κ1) is 14.3. The molecule has 1 aliphatic carbocycles. The highest BCUT2D eigenvalue weighted by atomic mass is 79.9. The van der Waals surface area contributed by atoms with Crippen molar-refractivity contribution in [2.75, 3.05) is 25.1 Å². The van der Waals surface area contributed by atoms with Gasteiger partial charge in [0.25, 0.3) is 0 Å². The van der Waals surface area contributed by atoms with Crippen molar-refractivity contribution >= 4 is 21.7 Å². The molecule has 2 heterocycles. The van der Waals surface area contributed by atoms with Crippen molar-refractivity contribution in [3.8, 4) is 0 Å². The van der Waals surface area contributed by atoms with Gasteiger partial charge in [0.1, 0.15) is 5.82 Å². The monoisotopic (exact) mass is 340 g/mol. The highest BCUT2D eigenvalue weighted by Gasteiger charge is 2.56. The minimum Gasteiger partial charge on any atom is -0.381 e. The number of nitrogens with zero attached hydrogens (tertiary/aromatic N) is 1. The lowest BCUT2D eigenvalue weighted by Gasteiger charge is -2.57. The number of hydrogen-bond acceptors (Lipinski definition) is 4. The summed E-state index contributed by atoms with van der Waals surface area (Å²) in [5.41, 5.74) is 0.220. The number of nitrogens with one attached hydrogen (secondary N) is 1. The van der Waals surface area contributed by atoms with Gasteiger partial charge in [-0.25, -0.2) is 4.98 Å². The summed E-state index contributed by atoms with van der Waals surface area (Å²) in [6.45, 7) is 4.54. The van der Waals surface area contributed by atoms with Crippen LogP contribution < -0.4 is 5.32 Å². The Morgan fingerprint density at radius 3 is 3.00 bits per heavy atom. The summed E-state index contributed by atoms with van der Waals surface area (Å²) in [4.78, 5) is 4.40. The lowest BCUT2D eigenvalue weighted by atomic mass is 9.57. The van der Waals surface area contributed by atoms with Crippen LogP contribution in [0.5, 0.6) is 0 Å². The van der Waals surface area contributed by atoms with Crippen LogP contribution in [0.3, 0.4) is 0 Å². The van der Waals surface area contributed by atoms with E-state index < -0.39 is 0 Å². The van der Waals surface area contributed by atoms with Gasteiger partial charge in [-0.3, -0.25) is 0 Å². The zero-order chi connectivity index (χ0) is 14.0. The summed E-state index contributed by atoms with van der Waals surface area (Å²) in [5, 5.41) is 3.59. The Morgan fingerprint density at radius 1 is 1.50 bits per heavy atom. The van der Waals surface area contributed by atoms with Crippen molar-refractivity contribution in [2.24, 2.45) is 5.41 Å². The SMILES string of the molecule is CCO[C@H]1C[C@H](Nc2cc(Br)ccn2)C12CCOCC2. The average Bonchev–Trinajstić information content (AvgIpc) is 2.47. The molecule has 5 heteroatoms. The zero-order valence-electron chi connectivity index (χ0n) is 11.8. The van der Waals surface area contributed by atoms with Gasteiger partial charge in [-0.15, -0.1) is 0 Å². The highest BCUT2D eigenvalue weighted by Crippen LogP contribution is 2.51. The Kier molecular flexibility index (Phi) is 4.29. The second-order valence-electron chi connectivity index (χ2n) is 5.58. The van der Waals surface area contributed by atoms with Gasteiger partial charge in [0.15, 0.2) is 0 Å². The molecule has 2 atom stereocenters. The van der Waals surface area contributed by atoms with Crippen LogP contribution in [0.2, 0.25) is 0 Å². The first-order valence-corrected chi connectivity index (χ1v) is 8.11. The van der Waals surface area contributed by atoms with E-state index >= 15 is 0 Å². The van der Waals surface area contributed by atoms with Crippen LogP contribution in [0.25, 0.3) is 0 Å². The van der Waals surface area contributed by atoms with E-state index in [0.717, 1.165) is 49.4 Å². The van der Waals surface area contributed by atoms with Crippen LogP contribution in [-0.4, -0.2) is 37.0 Å². The largest absolute Gasteiger partial charge is 0.381 e. The summed E-state index contributed by atoms with van der Waals surface area (Å²) >= 11 is 3.49. The molecule has 1 aromatic heterocycles. The van der Waals surface area contributed by atoms with Gasteiger partial charge in [0.05, 0.1) is 6.10 Å². The van der Waals surface area contributed by atoms with Crippen molar-refractivity contribution in [2.45, 2.75) is 38.3 Å². The van der Waals surface area contributed by atoms with E-state index in [4.69, 9.17) is 9.47 Å². The molecule has 1 aliphatic heterocycles. The van der Waals surface area contributed by atoms with E-state index in [-0.39, 0.29) is 5.41 Å². The third-order valence-electron chi connectivity index (χ3n) is 4.62. The van der Waals surface area contributed by atoms with Gasteiger partial charge in [-0.1, -0.05) is 15.9 Å². The Hall–Kier alpha value is -0.650. The fraction of sp³-hybridized carbons (Fsp3) is 0.667. The van der Waals surface area contributed by atoms with Gasteiger partial charge in [0.2, 0.25) is 0 Å². The van der Waals surface area contributed by atoms with E-state index in [0.29, 0.717) is 12.1 Å². The minimum atomic E-state index is 0.220. The van der Waals surface area contributed by atoms with Crippen molar-refractivity contribution in [1.82, 2.24) is 4.98 Å². The highest BCUT2D eigenvalue weighted by molar-refractivity contribution is 9.10. The molecule has 4 nitrogen and oxygen atoms in total. The fourth-order valence-corrected chi connectivity index (χ4v) is 3.80. The Labute approximate surface area is 128 Å². The van der Waals surface area contributed by atoms with Gasteiger partial charge in [-0.2, -0.15) is 0 Å². The average molecular weight is 341 g/mol. The summed E-state index contributed by atoms with van der Waals surface area (Å²) in [6.07, 6.45) is 5.39. The second-order valence-corrected chi connectivity index (χ2v) is 6.50. The summed E-state index contributed by atoms with van der Waals surface area (Å²) in [6, 6.07) is 4.41. The lowest BCUT2D eigenvalue weighted by molar-refractivity contribution is -0.159. The number of rotatable bonds is 4. The van der Waals surface area contributed by atoms with E-state index in [2.05, 4.69) is 33.2 Å². The number of aromatic nitrogens is 1. The lowest BCUT2D eigenvalue weighted by Crippen LogP contribution is -2.63. The number of ether oxygens (including phenoxy) is 2. The molecule has 1 saturated carbocycles. The van der Waals surface area contributed by atoms with Crippen LogP contribution in [0.1, 0.15) is 26.2 Å². The van der Waals surface area contributed by atoms with Crippen LogP contribution in [0.4, 0.5) is 5.82 Å². The molecule has 1 N–H and O–H groups in total. The minimum absolute atomic E-state index is 0.220. The molecule has 0 amide bonds. The molecular formula is C15H21BrN2O2. The molecule has 1 saturated heterocycles. The normalized spacial score (nSPS) is 28.1. The fourth-order valence-electron chi connectivity index (χ4n) is 3.47. The smallest absolute Gasteiger partial charge is 0.127 e. The number of halogens is 1. The molecule has 110 valence electrons. The van der Waals surface area contributed by atoms with Gasteiger partial charge in [0, 0.05) is 41.9 Å². The first-order chi connectivity index (χ1) is 9.74. The van der Waals surface area contributed by atoms with E-state index in [1.165, 1.54) is 0 Å². The van der Waals surface area contributed by atoms with Crippen molar-refractivity contribution in [3.63, 3.8) is 0 Å². The summed E-state index contributed by atoms with van der Waals surface area (Å²) in [5.74, 6) is 0.935. The predicted octanol–water partition coefficient (Wildman–Crippen LogP) is 3.23. The van der Waals surface area contributed by atoms with E-state index in [1.807, 2.05) is 18.3 Å². The number of pyridine rings is 1. The number of anilines is 1. The molecule has 0 radical (unpaired) electrons. The Bertz CT molecular complexity index is 463. The third-order valence-corrected chi connectivity index (χ3v) is 5.11. The molecule has 20 heavy (non-hydrogen) atoms. The van der Waals surface area contributed by atoms with Gasteiger partial charge in [-0.05, 0) is 38.3 Å². The maximum Gasteiger partial charge on any atom is 0.127 e. The van der Waals surface area contributed by atoms with Gasteiger partial charge < -0.3 is 14.8 Å².